The lowest BCUT2D eigenvalue weighted by atomic mass is 10.2. The van der Waals surface area contributed by atoms with Crippen molar-refractivity contribution in [3.63, 3.8) is 0 Å². The Kier molecular flexibility index (Phi) is 6.06. The van der Waals surface area contributed by atoms with Gasteiger partial charge in [-0.3, -0.25) is 9.10 Å². The van der Waals surface area contributed by atoms with Gasteiger partial charge >= 0.3 is 0 Å². The zero-order chi connectivity index (χ0) is 17.7. The molecule has 1 N–H and O–H groups in total. The summed E-state index contributed by atoms with van der Waals surface area (Å²) in [6, 6.07) is 6.88. The Hall–Kier alpha value is -1.80. The number of carbonyl (C=O) groups is 1. The van der Waals surface area contributed by atoms with Crippen molar-refractivity contribution in [2.75, 3.05) is 56.9 Å². The van der Waals surface area contributed by atoms with Crippen LogP contribution in [0.15, 0.2) is 24.3 Å². The number of rotatable bonds is 6. The fraction of sp³-hybridized carbons (Fsp3) is 0.562. The minimum Gasteiger partial charge on any atom is -0.492 e. The van der Waals surface area contributed by atoms with Crippen LogP contribution in [0, 0.1) is 0 Å². The van der Waals surface area contributed by atoms with Crippen LogP contribution >= 0.6 is 0 Å². The number of anilines is 1. The Morgan fingerprint density at radius 3 is 2.50 bits per heavy atom. The first-order chi connectivity index (χ1) is 11.3. The van der Waals surface area contributed by atoms with Gasteiger partial charge < -0.3 is 14.5 Å². The first-order valence-corrected chi connectivity index (χ1v) is 9.96. The van der Waals surface area contributed by atoms with Gasteiger partial charge in [0.15, 0.2) is 0 Å². The third-order valence-electron chi connectivity index (χ3n) is 4.08. The Morgan fingerprint density at radius 1 is 1.29 bits per heavy atom. The predicted molar refractivity (Wildman–Crippen MR) is 93.0 cm³/mol. The number of likely N-dealkylation sites (N-methyl/N-ethyl adjacent to an activating group) is 1. The fourth-order valence-corrected chi connectivity index (χ4v) is 3.54. The quantitative estimate of drug-likeness (QED) is 0.725. The number of quaternary nitrogens is 1. The van der Waals surface area contributed by atoms with Crippen LogP contribution in [0.25, 0.3) is 0 Å². The molecule has 134 valence electrons. The molecule has 0 aliphatic carbocycles. The molecule has 2 rings (SSSR count). The van der Waals surface area contributed by atoms with Gasteiger partial charge in [-0.2, -0.15) is 0 Å². The van der Waals surface area contributed by atoms with Crippen LogP contribution in [0.2, 0.25) is 0 Å². The van der Waals surface area contributed by atoms with E-state index in [1.807, 2.05) is 6.92 Å². The summed E-state index contributed by atoms with van der Waals surface area (Å²) >= 11 is 0. The minimum absolute atomic E-state index is 0.181. The number of nitrogens with one attached hydrogen (secondary N) is 1. The topological polar surface area (TPSA) is 71.4 Å². The van der Waals surface area contributed by atoms with Gasteiger partial charge in [-0.1, -0.05) is 12.1 Å². The van der Waals surface area contributed by atoms with Crippen LogP contribution in [0.3, 0.4) is 0 Å². The summed E-state index contributed by atoms with van der Waals surface area (Å²) in [5, 5.41) is 0. The third kappa shape index (κ3) is 4.61. The van der Waals surface area contributed by atoms with E-state index in [9.17, 15) is 13.2 Å². The summed E-state index contributed by atoms with van der Waals surface area (Å²) < 4.78 is 31.2. The van der Waals surface area contributed by atoms with E-state index in [1.165, 1.54) is 4.90 Å². The molecule has 0 spiro atoms. The van der Waals surface area contributed by atoms with E-state index >= 15 is 0 Å². The second-order valence-corrected chi connectivity index (χ2v) is 7.92. The van der Waals surface area contributed by atoms with E-state index in [-0.39, 0.29) is 12.5 Å². The molecule has 1 amide bonds. The van der Waals surface area contributed by atoms with Crippen molar-refractivity contribution in [2.45, 2.75) is 6.92 Å². The molecular formula is C16H26N3O4S+. The zero-order valence-electron chi connectivity index (χ0n) is 14.5. The van der Waals surface area contributed by atoms with Crippen LogP contribution in [-0.2, 0) is 14.8 Å². The van der Waals surface area contributed by atoms with Gasteiger partial charge in [0.05, 0.1) is 51.8 Å². The number of benzene rings is 1. The Bertz CT molecular complexity index is 670. The van der Waals surface area contributed by atoms with Crippen molar-refractivity contribution in [1.29, 1.82) is 0 Å². The molecule has 8 heteroatoms. The smallest absolute Gasteiger partial charge is 0.243 e. The largest absolute Gasteiger partial charge is 0.492 e. The van der Waals surface area contributed by atoms with Crippen molar-refractivity contribution < 1.29 is 22.8 Å². The van der Waals surface area contributed by atoms with E-state index in [2.05, 4.69) is 7.05 Å². The summed E-state index contributed by atoms with van der Waals surface area (Å²) in [6.07, 6.45) is 1.11. The number of hydrogen-bond donors (Lipinski definition) is 1. The highest BCUT2D eigenvalue weighted by atomic mass is 32.2. The second kappa shape index (κ2) is 7.85. The third-order valence-corrected chi connectivity index (χ3v) is 5.21. The monoisotopic (exact) mass is 356 g/mol. The van der Waals surface area contributed by atoms with Crippen molar-refractivity contribution in [3.8, 4) is 5.75 Å². The molecule has 7 nitrogen and oxygen atoms in total. The average Bonchev–Trinajstić information content (AvgIpc) is 2.53. The summed E-state index contributed by atoms with van der Waals surface area (Å²) in [4.78, 5) is 15.7. The summed E-state index contributed by atoms with van der Waals surface area (Å²) in [6.45, 7) is 5.09. The number of para-hydroxylation sites is 2. The molecule has 1 aromatic carbocycles. The highest BCUT2D eigenvalue weighted by Crippen LogP contribution is 2.29. The lowest BCUT2D eigenvalue weighted by molar-refractivity contribution is -0.883. The molecule has 1 aliphatic rings. The number of piperazine rings is 1. The molecular weight excluding hydrogens is 330 g/mol. The van der Waals surface area contributed by atoms with Gasteiger partial charge in [-0.05, 0) is 19.1 Å². The molecule has 1 saturated heterocycles. The van der Waals surface area contributed by atoms with Crippen molar-refractivity contribution >= 4 is 21.6 Å². The number of amides is 1. The van der Waals surface area contributed by atoms with Crippen LogP contribution in [0.5, 0.6) is 5.75 Å². The van der Waals surface area contributed by atoms with Gasteiger partial charge in [0.1, 0.15) is 12.3 Å². The minimum atomic E-state index is -3.60. The Labute approximate surface area is 143 Å². The Morgan fingerprint density at radius 2 is 1.92 bits per heavy atom. The van der Waals surface area contributed by atoms with Crippen molar-refractivity contribution in [1.82, 2.24) is 4.90 Å². The SMILES string of the molecule is CCOc1ccccc1N(CC(=O)N1CC[NH+](C)CC1)S(C)(=O)=O. The van der Waals surface area contributed by atoms with Crippen LogP contribution < -0.4 is 13.9 Å². The molecule has 0 bridgehead atoms. The van der Waals surface area contributed by atoms with Crippen molar-refractivity contribution in [3.05, 3.63) is 24.3 Å². The lowest BCUT2D eigenvalue weighted by Gasteiger charge is -2.32. The van der Waals surface area contributed by atoms with E-state index in [4.69, 9.17) is 4.74 Å². The standard InChI is InChI=1S/C16H25N3O4S/c1-4-23-15-8-6-5-7-14(15)19(24(3,21)22)13-16(20)18-11-9-17(2)10-12-18/h5-8H,4,9-13H2,1-3H3/p+1. The van der Waals surface area contributed by atoms with Gasteiger partial charge in [-0.15, -0.1) is 0 Å². The average molecular weight is 356 g/mol. The summed E-state index contributed by atoms with van der Waals surface area (Å²) in [7, 11) is -1.52. The van der Waals surface area contributed by atoms with Crippen LogP contribution in [0.1, 0.15) is 6.92 Å². The van der Waals surface area contributed by atoms with Gasteiger partial charge in [0.2, 0.25) is 15.9 Å². The number of ether oxygens (including phenoxy) is 1. The molecule has 0 atom stereocenters. The van der Waals surface area contributed by atoms with E-state index in [0.717, 1.165) is 23.7 Å². The van der Waals surface area contributed by atoms with E-state index < -0.39 is 10.0 Å². The van der Waals surface area contributed by atoms with E-state index in [0.29, 0.717) is 31.1 Å². The molecule has 0 radical (unpaired) electrons. The maximum Gasteiger partial charge on any atom is 0.243 e. The molecule has 1 aromatic rings. The van der Waals surface area contributed by atoms with E-state index in [1.54, 1.807) is 29.2 Å². The maximum atomic E-state index is 12.6. The van der Waals surface area contributed by atoms with Crippen LogP contribution in [-0.4, -0.2) is 71.9 Å². The highest BCUT2D eigenvalue weighted by Gasteiger charge is 2.28. The maximum absolute atomic E-state index is 12.6. The fourth-order valence-electron chi connectivity index (χ4n) is 2.68. The predicted octanol–water partition coefficient (Wildman–Crippen LogP) is -0.792. The van der Waals surface area contributed by atoms with Gasteiger partial charge in [0, 0.05) is 0 Å². The summed E-state index contributed by atoms with van der Waals surface area (Å²) in [5.41, 5.74) is 0.398. The molecule has 0 aromatic heterocycles. The van der Waals surface area contributed by atoms with Crippen LogP contribution in [0.4, 0.5) is 5.69 Å². The molecule has 0 saturated carbocycles. The molecule has 0 unspecified atom stereocenters. The number of hydrogen-bond acceptors (Lipinski definition) is 4. The number of sulfonamides is 1. The first kappa shape index (κ1) is 18.5. The number of nitrogens with zero attached hydrogens (tertiary/aromatic N) is 2. The lowest BCUT2D eigenvalue weighted by Crippen LogP contribution is -3.12. The van der Waals surface area contributed by atoms with Crippen molar-refractivity contribution in [2.24, 2.45) is 0 Å². The molecule has 1 heterocycles. The Balaban J connectivity index is 2.23. The second-order valence-electron chi connectivity index (χ2n) is 6.01. The summed E-state index contributed by atoms with van der Waals surface area (Å²) in [5.74, 6) is 0.278. The first-order valence-electron chi connectivity index (χ1n) is 8.11. The molecule has 1 aliphatic heterocycles. The van der Waals surface area contributed by atoms with Gasteiger partial charge in [-0.25, -0.2) is 8.42 Å². The zero-order valence-corrected chi connectivity index (χ0v) is 15.3. The van der Waals surface area contributed by atoms with Gasteiger partial charge in [0.25, 0.3) is 0 Å². The number of carbonyl (C=O) groups excluding carboxylic acids is 1. The molecule has 1 fully saturated rings. The molecule has 24 heavy (non-hydrogen) atoms. The normalized spacial score (nSPS) is 16.0. The highest BCUT2D eigenvalue weighted by molar-refractivity contribution is 7.92.